The zero-order chi connectivity index (χ0) is 14.0. The predicted octanol–water partition coefficient (Wildman–Crippen LogP) is 1.68. The lowest BCUT2D eigenvalue weighted by Crippen LogP contribution is -2.64. The smallest absolute Gasteiger partial charge is 0.336 e. The number of rotatable bonds is 0. The highest BCUT2D eigenvalue weighted by Gasteiger charge is 2.66. The van der Waals surface area contributed by atoms with Gasteiger partial charge in [0.05, 0.1) is 0 Å². The molecule has 4 unspecified atom stereocenters. The van der Waals surface area contributed by atoms with Crippen LogP contribution in [0.2, 0.25) is 0 Å². The molecule has 4 atom stereocenters. The lowest BCUT2D eigenvalue weighted by molar-refractivity contribution is -0.284. The molecule has 2 fully saturated rings. The SMILES string of the molecule is C=C1CC2=C(C)C(=O)OC2(O)C2(O)CCC(C)CC12. The summed E-state index contributed by atoms with van der Waals surface area (Å²) in [6.45, 7) is 7.83. The maximum absolute atomic E-state index is 11.8. The van der Waals surface area contributed by atoms with Gasteiger partial charge >= 0.3 is 5.97 Å². The molecule has 2 saturated carbocycles. The van der Waals surface area contributed by atoms with Crippen molar-refractivity contribution in [2.24, 2.45) is 11.8 Å². The van der Waals surface area contributed by atoms with Gasteiger partial charge < -0.3 is 14.9 Å². The normalized spacial score (nSPS) is 45.9. The van der Waals surface area contributed by atoms with Crippen molar-refractivity contribution in [1.82, 2.24) is 0 Å². The van der Waals surface area contributed by atoms with E-state index in [1.54, 1.807) is 6.92 Å². The average Bonchev–Trinajstić information content (AvgIpc) is 2.57. The second-order valence-electron chi connectivity index (χ2n) is 6.33. The van der Waals surface area contributed by atoms with Gasteiger partial charge in [-0.15, -0.1) is 0 Å². The van der Waals surface area contributed by atoms with Crippen LogP contribution in [0.5, 0.6) is 0 Å². The van der Waals surface area contributed by atoms with E-state index in [0.29, 0.717) is 29.9 Å². The summed E-state index contributed by atoms with van der Waals surface area (Å²) in [5.41, 5.74) is 0.383. The fourth-order valence-corrected chi connectivity index (χ4v) is 3.87. The summed E-state index contributed by atoms with van der Waals surface area (Å²) in [6.07, 6.45) is 2.46. The molecule has 1 heterocycles. The minimum Gasteiger partial charge on any atom is -0.422 e. The largest absolute Gasteiger partial charge is 0.422 e. The lowest BCUT2D eigenvalue weighted by atomic mass is 9.59. The first kappa shape index (κ1) is 12.9. The minimum absolute atomic E-state index is 0.205. The van der Waals surface area contributed by atoms with Crippen LogP contribution in [0.3, 0.4) is 0 Å². The van der Waals surface area contributed by atoms with Crippen molar-refractivity contribution >= 4 is 5.97 Å². The maximum atomic E-state index is 11.8. The van der Waals surface area contributed by atoms with E-state index in [-0.39, 0.29) is 5.92 Å². The van der Waals surface area contributed by atoms with E-state index in [9.17, 15) is 15.0 Å². The van der Waals surface area contributed by atoms with Crippen LogP contribution in [0.4, 0.5) is 0 Å². The Morgan fingerprint density at radius 2 is 2.11 bits per heavy atom. The zero-order valence-corrected chi connectivity index (χ0v) is 11.4. The van der Waals surface area contributed by atoms with Crippen LogP contribution in [0.25, 0.3) is 0 Å². The summed E-state index contributed by atoms with van der Waals surface area (Å²) in [5, 5.41) is 21.8. The summed E-state index contributed by atoms with van der Waals surface area (Å²) in [7, 11) is 0. The Morgan fingerprint density at radius 3 is 2.79 bits per heavy atom. The monoisotopic (exact) mass is 264 g/mol. The quantitative estimate of drug-likeness (QED) is 0.516. The molecule has 104 valence electrons. The van der Waals surface area contributed by atoms with Gasteiger partial charge in [0.2, 0.25) is 0 Å². The Morgan fingerprint density at radius 1 is 1.42 bits per heavy atom. The third-order valence-electron chi connectivity index (χ3n) is 5.12. The first-order valence-electron chi connectivity index (χ1n) is 6.85. The number of carbonyl (C=O) groups is 1. The van der Waals surface area contributed by atoms with E-state index in [2.05, 4.69) is 13.5 Å². The van der Waals surface area contributed by atoms with Gasteiger partial charge in [0.15, 0.2) is 0 Å². The summed E-state index contributed by atoms with van der Waals surface area (Å²) < 4.78 is 5.17. The molecule has 4 heteroatoms. The molecular formula is C15H20O4. The van der Waals surface area contributed by atoms with E-state index < -0.39 is 17.4 Å². The zero-order valence-electron chi connectivity index (χ0n) is 11.4. The second kappa shape index (κ2) is 3.70. The fraction of sp³-hybridized carbons (Fsp3) is 0.667. The third-order valence-corrected chi connectivity index (χ3v) is 5.12. The molecule has 0 aromatic heterocycles. The Balaban J connectivity index is 2.12. The predicted molar refractivity (Wildman–Crippen MR) is 69.0 cm³/mol. The number of fused-ring (bicyclic) bond motifs is 3. The molecule has 0 spiro atoms. The molecule has 0 aromatic rings. The van der Waals surface area contributed by atoms with Crippen molar-refractivity contribution in [2.75, 3.05) is 0 Å². The molecular weight excluding hydrogens is 244 g/mol. The number of hydrogen-bond donors (Lipinski definition) is 2. The van der Waals surface area contributed by atoms with Crippen LogP contribution in [0.1, 0.15) is 39.5 Å². The number of carbonyl (C=O) groups excluding carboxylic acids is 1. The van der Waals surface area contributed by atoms with Crippen molar-refractivity contribution in [2.45, 2.75) is 50.9 Å². The molecule has 2 N–H and O–H groups in total. The molecule has 1 aliphatic heterocycles. The topological polar surface area (TPSA) is 66.8 Å². The van der Waals surface area contributed by atoms with E-state index in [1.807, 2.05) is 0 Å². The Hall–Kier alpha value is -1.13. The highest BCUT2D eigenvalue weighted by atomic mass is 16.7. The van der Waals surface area contributed by atoms with Crippen molar-refractivity contribution in [3.8, 4) is 0 Å². The van der Waals surface area contributed by atoms with Crippen LogP contribution < -0.4 is 0 Å². The molecule has 4 nitrogen and oxygen atoms in total. The van der Waals surface area contributed by atoms with Crippen molar-refractivity contribution < 1.29 is 19.7 Å². The number of esters is 1. The minimum atomic E-state index is -1.85. The highest BCUT2D eigenvalue weighted by molar-refractivity contribution is 5.92. The van der Waals surface area contributed by atoms with Crippen molar-refractivity contribution in [3.05, 3.63) is 23.3 Å². The maximum Gasteiger partial charge on any atom is 0.336 e. The van der Waals surface area contributed by atoms with Crippen LogP contribution in [0, 0.1) is 11.8 Å². The Kier molecular flexibility index (Phi) is 2.51. The molecule has 3 rings (SSSR count). The highest BCUT2D eigenvalue weighted by Crippen LogP contribution is 2.57. The molecule has 0 radical (unpaired) electrons. The molecule has 19 heavy (non-hydrogen) atoms. The second-order valence-corrected chi connectivity index (χ2v) is 6.33. The van der Waals surface area contributed by atoms with Gasteiger partial charge in [-0.05, 0) is 38.5 Å². The lowest BCUT2D eigenvalue weighted by Gasteiger charge is -2.53. The molecule has 0 aromatic carbocycles. The van der Waals surface area contributed by atoms with Gasteiger partial charge in [0.1, 0.15) is 5.60 Å². The Labute approximate surface area is 112 Å². The van der Waals surface area contributed by atoms with Crippen LogP contribution >= 0.6 is 0 Å². The van der Waals surface area contributed by atoms with Gasteiger partial charge in [-0.1, -0.05) is 19.1 Å². The molecule has 0 amide bonds. The van der Waals surface area contributed by atoms with Crippen LogP contribution in [0.15, 0.2) is 23.3 Å². The summed E-state index contributed by atoms with van der Waals surface area (Å²) in [6, 6.07) is 0. The standard InChI is InChI=1S/C15H20O4/c1-8-4-5-14(17)11(6-8)9(2)7-12-10(3)13(16)19-15(12,14)18/h8,11,17-18H,2,4-7H2,1,3H3. The number of ether oxygens (including phenoxy) is 1. The van der Waals surface area contributed by atoms with Crippen molar-refractivity contribution in [3.63, 3.8) is 0 Å². The van der Waals surface area contributed by atoms with Crippen LogP contribution in [-0.4, -0.2) is 27.6 Å². The average molecular weight is 264 g/mol. The molecule has 0 saturated heterocycles. The van der Waals surface area contributed by atoms with E-state index in [1.165, 1.54) is 0 Å². The summed E-state index contributed by atoms with van der Waals surface area (Å²) in [4.78, 5) is 11.8. The number of hydrogen-bond acceptors (Lipinski definition) is 4. The van der Waals surface area contributed by atoms with Gasteiger partial charge in [-0.2, -0.15) is 0 Å². The Bertz CT molecular complexity index is 506. The van der Waals surface area contributed by atoms with E-state index in [0.717, 1.165) is 18.4 Å². The van der Waals surface area contributed by atoms with Gasteiger partial charge in [0, 0.05) is 17.1 Å². The van der Waals surface area contributed by atoms with Crippen molar-refractivity contribution in [1.29, 1.82) is 0 Å². The van der Waals surface area contributed by atoms with Crippen LogP contribution in [-0.2, 0) is 9.53 Å². The molecule has 2 aliphatic carbocycles. The van der Waals surface area contributed by atoms with Gasteiger partial charge in [-0.3, -0.25) is 0 Å². The molecule has 3 aliphatic rings. The fourth-order valence-electron chi connectivity index (χ4n) is 3.87. The van der Waals surface area contributed by atoms with E-state index in [4.69, 9.17) is 4.74 Å². The first-order chi connectivity index (χ1) is 8.79. The third kappa shape index (κ3) is 1.44. The summed E-state index contributed by atoms with van der Waals surface area (Å²) in [5.74, 6) is -2.10. The number of aliphatic hydroxyl groups is 2. The molecule has 0 bridgehead atoms. The van der Waals surface area contributed by atoms with E-state index >= 15 is 0 Å². The van der Waals surface area contributed by atoms with Gasteiger partial charge in [0.25, 0.3) is 5.79 Å². The first-order valence-corrected chi connectivity index (χ1v) is 6.85. The summed E-state index contributed by atoms with van der Waals surface area (Å²) >= 11 is 0. The van der Waals surface area contributed by atoms with Gasteiger partial charge in [-0.25, -0.2) is 4.79 Å².